The number of rotatable bonds is 6. The first-order valence-electron chi connectivity index (χ1n) is 13.0. The molecule has 12 heteroatoms. The van der Waals surface area contributed by atoms with E-state index in [9.17, 15) is 23.6 Å². The number of hydrogen-bond acceptors (Lipinski definition) is 7. The van der Waals surface area contributed by atoms with Crippen LogP contribution in [0.4, 0.5) is 21.5 Å². The van der Waals surface area contributed by atoms with Gasteiger partial charge in [0.15, 0.2) is 0 Å². The molecule has 3 atom stereocenters. The lowest BCUT2D eigenvalue weighted by Gasteiger charge is -2.31. The third-order valence-corrected chi connectivity index (χ3v) is 10.5. The van der Waals surface area contributed by atoms with Crippen LogP contribution in [0.1, 0.15) is 16.4 Å². The highest BCUT2D eigenvalue weighted by atomic mass is 79.9. The van der Waals surface area contributed by atoms with E-state index in [0.29, 0.717) is 21.3 Å². The quantitative estimate of drug-likeness (QED) is 0.281. The molecule has 2 aliphatic rings. The summed E-state index contributed by atoms with van der Waals surface area (Å²) in [5.41, 5.74) is 2.64. The number of fused-ring (bicyclic) bond motifs is 2. The number of thioether (sulfide) groups is 1. The average molecular weight is 668 g/mol. The molecule has 4 aromatic rings. The zero-order chi connectivity index (χ0) is 29.7. The second-order valence-electron chi connectivity index (χ2n) is 10.2. The van der Waals surface area contributed by atoms with Crippen LogP contribution in [0.15, 0.2) is 87.1 Å². The first-order valence-corrected chi connectivity index (χ1v) is 15.5. The summed E-state index contributed by atoms with van der Waals surface area (Å²) in [6, 6.07) is 20.0. The van der Waals surface area contributed by atoms with E-state index < -0.39 is 28.8 Å². The van der Waals surface area contributed by atoms with E-state index >= 15 is 0 Å². The highest BCUT2D eigenvalue weighted by Crippen LogP contribution is 2.54. The molecule has 0 bridgehead atoms. The number of thiazole rings is 1. The van der Waals surface area contributed by atoms with Crippen LogP contribution in [0.3, 0.4) is 0 Å². The number of imide groups is 1. The van der Waals surface area contributed by atoms with E-state index in [1.165, 1.54) is 33.7 Å². The minimum Gasteiger partial charge on any atom is -0.378 e. The molecule has 2 aliphatic heterocycles. The van der Waals surface area contributed by atoms with Crippen molar-refractivity contribution in [1.29, 1.82) is 0 Å². The predicted octanol–water partition coefficient (Wildman–Crippen LogP) is 5.31. The van der Waals surface area contributed by atoms with E-state index in [1.807, 2.05) is 43.3 Å². The second kappa shape index (κ2) is 11.2. The number of hydrogen-bond donors (Lipinski definition) is 1. The van der Waals surface area contributed by atoms with Gasteiger partial charge in [-0.05, 0) is 66.2 Å². The lowest BCUT2D eigenvalue weighted by atomic mass is 9.83. The molecule has 6 rings (SSSR count). The Morgan fingerprint density at radius 1 is 0.952 bits per heavy atom. The Kier molecular flexibility index (Phi) is 7.54. The van der Waals surface area contributed by atoms with Gasteiger partial charge in [-0.25, -0.2) is 9.29 Å². The number of benzene rings is 3. The Morgan fingerprint density at radius 2 is 1.62 bits per heavy atom. The summed E-state index contributed by atoms with van der Waals surface area (Å²) in [6.07, 6.45) is 0. The molecule has 2 unspecified atom stereocenters. The number of carbonyl (C=O) groups is 3. The molecule has 1 N–H and O–H groups in total. The molecular weight excluding hydrogens is 643 g/mol. The van der Waals surface area contributed by atoms with Crippen molar-refractivity contribution in [2.75, 3.05) is 29.2 Å². The van der Waals surface area contributed by atoms with E-state index in [2.05, 4.69) is 21.2 Å². The second-order valence-corrected chi connectivity index (χ2v) is 13.2. The highest BCUT2D eigenvalue weighted by Gasteiger charge is 2.56. The summed E-state index contributed by atoms with van der Waals surface area (Å²) in [5, 5.41) is 2.40. The molecule has 1 aromatic heterocycles. The van der Waals surface area contributed by atoms with E-state index in [4.69, 9.17) is 0 Å². The van der Waals surface area contributed by atoms with Crippen molar-refractivity contribution in [2.24, 2.45) is 5.92 Å². The Labute approximate surface area is 257 Å². The molecule has 42 heavy (non-hydrogen) atoms. The summed E-state index contributed by atoms with van der Waals surface area (Å²) in [5.74, 6) is -2.88. The molecule has 3 amide bonds. The van der Waals surface area contributed by atoms with Gasteiger partial charge >= 0.3 is 4.87 Å². The number of aromatic nitrogens is 1. The van der Waals surface area contributed by atoms with Crippen molar-refractivity contribution in [3.63, 3.8) is 0 Å². The molecule has 0 spiro atoms. The standard InChI is InChI=1S/C30H24BrFN4O4S2/c1-34(2)20-11-3-16(4-12-20)23-24-25(28(39)36(27(24)38)21-13-5-17(31)6-14-21)41-29-26(23)42-30(40)35(29)15-22(37)33-19-9-7-18(32)8-10-19/h3-14,23-25H,15H2,1-2H3,(H,33,37)/t23-,24?,25?/m1/s1. The van der Waals surface area contributed by atoms with Crippen LogP contribution in [0.5, 0.6) is 0 Å². The number of amides is 3. The zero-order valence-corrected chi connectivity index (χ0v) is 25.6. The maximum atomic E-state index is 14.0. The summed E-state index contributed by atoms with van der Waals surface area (Å²) in [6.45, 7) is -0.294. The Morgan fingerprint density at radius 3 is 2.26 bits per heavy atom. The maximum absolute atomic E-state index is 14.0. The predicted molar refractivity (Wildman–Crippen MR) is 166 cm³/mol. The van der Waals surface area contributed by atoms with Crippen molar-refractivity contribution < 1.29 is 18.8 Å². The van der Waals surface area contributed by atoms with Crippen molar-refractivity contribution in [1.82, 2.24) is 4.57 Å². The van der Waals surface area contributed by atoms with Gasteiger partial charge in [0, 0.05) is 40.7 Å². The van der Waals surface area contributed by atoms with E-state index in [-0.39, 0.29) is 23.2 Å². The van der Waals surface area contributed by atoms with Crippen LogP contribution in [-0.4, -0.2) is 41.6 Å². The van der Waals surface area contributed by atoms with E-state index in [0.717, 1.165) is 38.8 Å². The van der Waals surface area contributed by atoms with Crippen molar-refractivity contribution in [2.45, 2.75) is 22.7 Å². The van der Waals surface area contributed by atoms with Gasteiger partial charge in [0.25, 0.3) is 0 Å². The van der Waals surface area contributed by atoms with Crippen molar-refractivity contribution in [3.8, 4) is 0 Å². The number of carbonyl (C=O) groups excluding carboxylic acids is 3. The lowest BCUT2D eigenvalue weighted by Crippen LogP contribution is -2.33. The van der Waals surface area contributed by atoms with Gasteiger partial charge in [-0.2, -0.15) is 0 Å². The third kappa shape index (κ3) is 5.07. The van der Waals surface area contributed by atoms with Crippen LogP contribution in [0.25, 0.3) is 0 Å². The molecule has 0 radical (unpaired) electrons. The third-order valence-electron chi connectivity index (χ3n) is 7.33. The smallest absolute Gasteiger partial charge is 0.308 e. The molecule has 3 aromatic carbocycles. The highest BCUT2D eigenvalue weighted by molar-refractivity contribution is 9.10. The van der Waals surface area contributed by atoms with Gasteiger partial charge in [-0.3, -0.25) is 23.7 Å². The summed E-state index contributed by atoms with van der Waals surface area (Å²) in [7, 11) is 3.86. The first kappa shape index (κ1) is 28.4. The Bertz CT molecular complexity index is 1750. The van der Waals surface area contributed by atoms with Crippen molar-refractivity contribution in [3.05, 3.63) is 103 Å². The zero-order valence-electron chi connectivity index (χ0n) is 22.4. The molecule has 0 aliphatic carbocycles. The fourth-order valence-corrected chi connectivity index (χ4v) is 8.35. The fraction of sp³-hybridized carbons (Fsp3) is 0.200. The van der Waals surface area contributed by atoms with Crippen molar-refractivity contribution >= 4 is 73.8 Å². The number of nitrogens with one attached hydrogen (secondary N) is 1. The van der Waals surface area contributed by atoms with Crippen LogP contribution in [0.2, 0.25) is 0 Å². The average Bonchev–Trinajstić information content (AvgIpc) is 3.41. The van der Waals surface area contributed by atoms with Gasteiger partial charge in [0.05, 0.1) is 16.6 Å². The topological polar surface area (TPSA) is 91.7 Å². The monoisotopic (exact) mass is 666 g/mol. The maximum Gasteiger partial charge on any atom is 0.308 e. The van der Waals surface area contributed by atoms with Gasteiger partial charge in [0.1, 0.15) is 17.6 Å². The molecule has 214 valence electrons. The summed E-state index contributed by atoms with van der Waals surface area (Å²) in [4.78, 5) is 57.6. The van der Waals surface area contributed by atoms with Crippen LogP contribution in [0, 0.1) is 11.7 Å². The summed E-state index contributed by atoms with van der Waals surface area (Å²) < 4.78 is 15.5. The normalized spacial score (nSPS) is 19.4. The van der Waals surface area contributed by atoms with E-state index in [1.54, 1.807) is 24.3 Å². The molecule has 1 fully saturated rings. The molecule has 8 nitrogen and oxygen atoms in total. The molecule has 3 heterocycles. The van der Waals surface area contributed by atoms with Crippen LogP contribution < -0.4 is 20.0 Å². The number of anilines is 3. The van der Waals surface area contributed by atoms with Gasteiger partial charge in [-0.15, -0.1) is 0 Å². The molecular formula is C30H24BrFN4O4S2. The fourth-order valence-electron chi connectivity index (χ4n) is 5.32. The largest absolute Gasteiger partial charge is 0.378 e. The minimum atomic E-state index is -0.785. The van der Waals surface area contributed by atoms with Crippen LogP contribution in [-0.2, 0) is 20.9 Å². The molecule has 1 saturated heterocycles. The van der Waals surface area contributed by atoms with Gasteiger partial charge in [0.2, 0.25) is 17.7 Å². The Hall–Kier alpha value is -3.74. The minimum absolute atomic E-state index is 0.294. The Balaban J connectivity index is 1.41. The molecule has 0 saturated carbocycles. The lowest BCUT2D eigenvalue weighted by molar-refractivity contribution is -0.122. The number of halogens is 2. The first-order chi connectivity index (χ1) is 20.1. The van der Waals surface area contributed by atoms with Gasteiger partial charge < -0.3 is 10.2 Å². The van der Waals surface area contributed by atoms with Gasteiger partial charge in [-0.1, -0.05) is 51.2 Å². The SMILES string of the molecule is CN(C)c1ccc([C@H]2c3sc(=O)n(CC(=O)Nc4ccc(F)cc4)c3SC3C(=O)N(c4ccc(Br)cc4)C(=O)C32)cc1. The van der Waals surface area contributed by atoms with Crippen LogP contribution >= 0.6 is 39.0 Å². The summed E-state index contributed by atoms with van der Waals surface area (Å²) >= 11 is 5.55. The number of nitrogens with zero attached hydrogens (tertiary/aromatic N) is 3.